The third-order valence-corrected chi connectivity index (χ3v) is 3.19. The van der Waals surface area contributed by atoms with E-state index in [9.17, 15) is 9.59 Å². The second kappa shape index (κ2) is 10.4. The van der Waals surface area contributed by atoms with Gasteiger partial charge in [0.2, 0.25) is 5.91 Å². The summed E-state index contributed by atoms with van der Waals surface area (Å²) in [5.74, 6) is -0.300. The molecule has 1 rings (SSSR count). The van der Waals surface area contributed by atoms with E-state index < -0.39 is 12.1 Å². The van der Waals surface area contributed by atoms with Crippen molar-refractivity contribution in [2.45, 2.75) is 38.8 Å². The van der Waals surface area contributed by atoms with Gasteiger partial charge in [-0.25, -0.2) is 4.79 Å². The number of aliphatic hydroxyl groups is 1. The van der Waals surface area contributed by atoms with Crippen LogP contribution in [0.4, 0.5) is 10.5 Å². The van der Waals surface area contributed by atoms with E-state index >= 15 is 0 Å². The van der Waals surface area contributed by atoms with Gasteiger partial charge in [-0.2, -0.15) is 0 Å². The van der Waals surface area contributed by atoms with Crippen LogP contribution in [0.2, 0.25) is 0 Å². The Balaban J connectivity index is 2.65. The number of hydrogen-bond acceptors (Lipinski definition) is 4. The van der Waals surface area contributed by atoms with Crippen LogP contribution in [0, 0.1) is 0 Å². The number of alkyl carbamates (subject to hydrolysis) is 1. The lowest BCUT2D eigenvalue weighted by molar-refractivity contribution is -0.118. The molecule has 0 unspecified atom stereocenters. The summed E-state index contributed by atoms with van der Waals surface area (Å²) in [6.45, 7) is 5.52. The van der Waals surface area contributed by atoms with Gasteiger partial charge in [0.05, 0.1) is 6.61 Å². The Labute approximate surface area is 136 Å². The predicted molar refractivity (Wildman–Crippen MR) is 89.0 cm³/mol. The maximum atomic E-state index is 12.3. The lowest BCUT2D eigenvalue weighted by Gasteiger charge is -2.18. The fourth-order valence-electron chi connectivity index (χ4n) is 1.92. The van der Waals surface area contributed by atoms with Crippen molar-refractivity contribution >= 4 is 17.7 Å². The van der Waals surface area contributed by atoms with Gasteiger partial charge in [0, 0.05) is 5.69 Å². The van der Waals surface area contributed by atoms with E-state index in [1.807, 2.05) is 6.92 Å². The van der Waals surface area contributed by atoms with Gasteiger partial charge >= 0.3 is 6.09 Å². The molecule has 6 nitrogen and oxygen atoms in total. The van der Waals surface area contributed by atoms with E-state index in [2.05, 4.69) is 17.2 Å². The van der Waals surface area contributed by atoms with Crippen LogP contribution >= 0.6 is 0 Å². The fourth-order valence-corrected chi connectivity index (χ4v) is 1.92. The number of rotatable bonds is 9. The molecular weight excluding hydrogens is 296 g/mol. The van der Waals surface area contributed by atoms with Gasteiger partial charge in [-0.3, -0.25) is 4.79 Å². The van der Waals surface area contributed by atoms with Crippen molar-refractivity contribution in [3.8, 4) is 0 Å². The first-order valence-electron chi connectivity index (χ1n) is 7.65. The van der Waals surface area contributed by atoms with Crippen molar-refractivity contribution in [2.24, 2.45) is 0 Å². The van der Waals surface area contributed by atoms with Gasteiger partial charge in [-0.1, -0.05) is 44.6 Å². The summed E-state index contributed by atoms with van der Waals surface area (Å²) >= 11 is 0. The maximum absolute atomic E-state index is 12.3. The molecule has 0 radical (unpaired) electrons. The van der Waals surface area contributed by atoms with Crippen LogP contribution in [-0.4, -0.2) is 29.8 Å². The quantitative estimate of drug-likeness (QED) is 0.610. The molecule has 1 aromatic carbocycles. The first-order chi connectivity index (χ1) is 11.1. The average Bonchev–Trinajstić information content (AvgIpc) is 2.57. The van der Waals surface area contributed by atoms with E-state index in [1.54, 1.807) is 24.3 Å². The highest BCUT2D eigenvalue weighted by molar-refractivity contribution is 5.96. The van der Waals surface area contributed by atoms with Crippen LogP contribution in [0.3, 0.4) is 0 Å². The maximum Gasteiger partial charge on any atom is 0.408 e. The van der Waals surface area contributed by atoms with Crippen LogP contribution < -0.4 is 10.6 Å². The normalized spacial score (nSPS) is 11.4. The predicted octanol–water partition coefficient (Wildman–Crippen LogP) is 2.59. The lowest BCUT2D eigenvalue weighted by Crippen LogP contribution is -2.44. The fraction of sp³-hybridized carbons (Fsp3) is 0.412. The van der Waals surface area contributed by atoms with Gasteiger partial charge in [0.1, 0.15) is 12.6 Å². The largest absolute Gasteiger partial charge is 0.445 e. The Hall–Kier alpha value is -2.34. The number of ether oxygens (including phenoxy) is 1. The standard InChI is InChI=1S/C17H24N2O4/c1-3-5-6-15(19-17(22)23-11-4-2)16(21)18-14-9-7-13(12-20)8-10-14/h4,7-10,15,20H,2-3,5-6,11-12H2,1H3,(H,18,21)(H,19,22)/t15-/m0/s1. The van der Waals surface area contributed by atoms with Gasteiger partial charge in [-0.15, -0.1) is 0 Å². The second-order valence-electron chi connectivity index (χ2n) is 5.07. The van der Waals surface area contributed by atoms with Gasteiger partial charge in [0.15, 0.2) is 0 Å². The third kappa shape index (κ3) is 6.97. The zero-order chi connectivity index (χ0) is 17.1. The first-order valence-corrected chi connectivity index (χ1v) is 7.65. The summed E-state index contributed by atoms with van der Waals surface area (Å²) in [6.07, 6.45) is 3.07. The summed E-state index contributed by atoms with van der Waals surface area (Å²) in [7, 11) is 0. The molecule has 0 bridgehead atoms. The van der Waals surface area contributed by atoms with Crippen LogP contribution in [0.1, 0.15) is 31.7 Å². The molecule has 0 fully saturated rings. The van der Waals surface area contributed by atoms with Crippen molar-refractivity contribution in [2.75, 3.05) is 11.9 Å². The lowest BCUT2D eigenvalue weighted by atomic mass is 10.1. The van der Waals surface area contributed by atoms with Crippen molar-refractivity contribution in [1.29, 1.82) is 0 Å². The molecule has 0 aliphatic carbocycles. The zero-order valence-corrected chi connectivity index (χ0v) is 13.4. The van der Waals surface area contributed by atoms with Gasteiger partial charge in [-0.05, 0) is 24.1 Å². The van der Waals surface area contributed by atoms with Crippen LogP contribution in [-0.2, 0) is 16.1 Å². The summed E-state index contributed by atoms with van der Waals surface area (Å²) in [6, 6.07) is 6.20. The molecule has 0 saturated heterocycles. The number of anilines is 1. The average molecular weight is 320 g/mol. The zero-order valence-electron chi connectivity index (χ0n) is 13.4. The Morgan fingerprint density at radius 2 is 2.04 bits per heavy atom. The van der Waals surface area contributed by atoms with Crippen molar-refractivity contribution in [1.82, 2.24) is 5.32 Å². The number of carbonyl (C=O) groups excluding carboxylic acids is 2. The van der Waals surface area contributed by atoms with E-state index in [4.69, 9.17) is 9.84 Å². The first kappa shape index (κ1) is 18.7. The minimum Gasteiger partial charge on any atom is -0.445 e. The van der Waals surface area contributed by atoms with E-state index in [1.165, 1.54) is 6.08 Å². The molecule has 1 atom stereocenters. The third-order valence-electron chi connectivity index (χ3n) is 3.19. The molecule has 0 spiro atoms. The van der Waals surface area contributed by atoms with Gasteiger partial charge in [0.25, 0.3) is 0 Å². The molecule has 23 heavy (non-hydrogen) atoms. The summed E-state index contributed by atoms with van der Waals surface area (Å²) < 4.78 is 4.86. The highest BCUT2D eigenvalue weighted by atomic mass is 16.5. The molecule has 126 valence electrons. The Morgan fingerprint density at radius 1 is 1.35 bits per heavy atom. The van der Waals surface area contributed by atoms with Crippen molar-refractivity contribution in [3.63, 3.8) is 0 Å². The highest BCUT2D eigenvalue weighted by Gasteiger charge is 2.21. The minimum atomic E-state index is -0.662. The Morgan fingerprint density at radius 3 is 2.61 bits per heavy atom. The Bertz CT molecular complexity index is 514. The SMILES string of the molecule is C=CCOC(=O)N[C@@H](CCCC)C(=O)Nc1ccc(CO)cc1. The molecule has 0 heterocycles. The monoisotopic (exact) mass is 320 g/mol. The number of hydrogen-bond donors (Lipinski definition) is 3. The number of amides is 2. The molecule has 0 aliphatic heterocycles. The minimum absolute atomic E-state index is 0.0515. The number of nitrogens with one attached hydrogen (secondary N) is 2. The molecule has 1 aromatic rings. The highest BCUT2D eigenvalue weighted by Crippen LogP contribution is 2.11. The smallest absolute Gasteiger partial charge is 0.408 e. The summed E-state index contributed by atoms with van der Waals surface area (Å²) in [5.41, 5.74) is 1.37. The van der Waals surface area contributed by atoms with Crippen LogP contribution in [0.15, 0.2) is 36.9 Å². The number of aliphatic hydroxyl groups excluding tert-OH is 1. The van der Waals surface area contributed by atoms with Crippen LogP contribution in [0.5, 0.6) is 0 Å². The molecule has 3 N–H and O–H groups in total. The van der Waals surface area contributed by atoms with Crippen LogP contribution in [0.25, 0.3) is 0 Å². The number of unbranched alkanes of at least 4 members (excludes halogenated alkanes) is 1. The van der Waals surface area contributed by atoms with E-state index in [-0.39, 0.29) is 19.1 Å². The number of carbonyl (C=O) groups is 2. The second-order valence-corrected chi connectivity index (χ2v) is 5.07. The molecule has 0 aromatic heterocycles. The molecule has 0 saturated carbocycles. The topological polar surface area (TPSA) is 87.7 Å². The molecular formula is C17H24N2O4. The molecule has 0 aliphatic rings. The van der Waals surface area contributed by atoms with E-state index in [0.29, 0.717) is 12.1 Å². The molecule has 6 heteroatoms. The van der Waals surface area contributed by atoms with Gasteiger partial charge < -0.3 is 20.5 Å². The summed E-state index contributed by atoms with van der Waals surface area (Å²) in [4.78, 5) is 24.0. The van der Waals surface area contributed by atoms with E-state index in [0.717, 1.165) is 18.4 Å². The number of benzene rings is 1. The summed E-state index contributed by atoms with van der Waals surface area (Å²) in [5, 5.41) is 14.3. The van der Waals surface area contributed by atoms with Crippen molar-refractivity contribution in [3.05, 3.63) is 42.5 Å². The molecule has 2 amide bonds. The Kier molecular flexibility index (Phi) is 8.46. The van der Waals surface area contributed by atoms with Crippen molar-refractivity contribution < 1.29 is 19.4 Å².